The molecule has 3 N–H and O–H groups in total. The SMILES string of the molecule is CC(C)c1cc(C(=O)NCCN2CCOCC2)nc(N)n1. The molecule has 7 heteroatoms. The largest absolute Gasteiger partial charge is 0.379 e. The van der Waals surface area contributed by atoms with Crippen molar-refractivity contribution in [2.24, 2.45) is 0 Å². The minimum atomic E-state index is -0.209. The predicted molar refractivity (Wildman–Crippen MR) is 80.1 cm³/mol. The number of anilines is 1. The summed E-state index contributed by atoms with van der Waals surface area (Å²) in [4.78, 5) is 22.5. The Morgan fingerprint density at radius 3 is 2.81 bits per heavy atom. The zero-order chi connectivity index (χ0) is 15.2. The van der Waals surface area contributed by atoms with Crippen molar-refractivity contribution in [3.05, 3.63) is 17.5 Å². The maximum absolute atomic E-state index is 12.1. The van der Waals surface area contributed by atoms with Crippen LogP contribution in [-0.2, 0) is 4.74 Å². The van der Waals surface area contributed by atoms with E-state index in [2.05, 4.69) is 20.2 Å². The molecule has 0 saturated carbocycles. The molecule has 116 valence electrons. The maximum Gasteiger partial charge on any atom is 0.270 e. The number of morpholine rings is 1. The number of hydrogen-bond donors (Lipinski definition) is 2. The average molecular weight is 293 g/mol. The number of carbonyl (C=O) groups is 1. The summed E-state index contributed by atoms with van der Waals surface area (Å²) in [6.45, 7) is 8.74. The maximum atomic E-state index is 12.1. The Kier molecular flexibility index (Phi) is 5.46. The number of aromatic nitrogens is 2. The van der Waals surface area contributed by atoms with Crippen LogP contribution in [0, 0.1) is 0 Å². The Bertz CT molecular complexity index is 486. The lowest BCUT2D eigenvalue weighted by molar-refractivity contribution is 0.0383. The minimum absolute atomic E-state index is 0.138. The fourth-order valence-electron chi connectivity index (χ4n) is 2.14. The molecule has 0 aromatic carbocycles. The second-order valence-corrected chi connectivity index (χ2v) is 5.40. The van der Waals surface area contributed by atoms with Crippen LogP contribution in [0.4, 0.5) is 5.95 Å². The molecule has 2 rings (SSSR count). The van der Waals surface area contributed by atoms with E-state index in [-0.39, 0.29) is 17.8 Å². The van der Waals surface area contributed by atoms with Crippen LogP contribution in [0.15, 0.2) is 6.07 Å². The number of ether oxygens (including phenoxy) is 1. The molecule has 1 aliphatic heterocycles. The Balaban J connectivity index is 1.87. The van der Waals surface area contributed by atoms with Gasteiger partial charge in [-0.05, 0) is 12.0 Å². The van der Waals surface area contributed by atoms with Gasteiger partial charge in [-0.15, -0.1) is 0 Å². The highest BCUT2D eigenvalue weighted by molar-refractivity contribution is 5.92. The van der Waals surface area contributed by atoms with Gasteiger partial charge in [0.2, 0.25) is 5.95 Å². The Morgan fingerprint density at radius 1 is 1.43 bits per heavy atom. The van der Waals surface area contributed by atoms with Gasteiger partial charge in [-0.25, -0.2) is 9.97 Å². The fourth-order valence-corrected chi connectivity index (χ4v) is 2.14. The molecule has 1 fully saturated rings. The Morgan fingerprint density at radius 2 is 2.14 bits per heavy atom. The van der Waals surface area contributed by atoms with Gasteiger partial charge in [-0.1, -0.05) is 13.8 Å². The number of nitrogen functional groups attached to an aromatic ring is 1. The smallest absolute Gasteiger partial charge is 0.270 e. The first-order chi connectivity index (χ1) is 10.1. The molecule has 0 atom stereocenters. The van der Waals surface area contributed by atoms with Gasteiger partial charge < -0.3 is 15.8 Å². The molecule has 1 aromatic heterocycles. The number of carbonyl (C=O) groups excluding carboxylic acids is 1. The molecule has 1 amide bonds. The first-order valence-corrected chi connectivity index (χ1v) is 7.29. The minimum Gasteiger partial charge on any atom is -0.379 e. The third kappa shape index (κ3) is 4.64. The van der Waals surface area contributed by atoms with E-state index in [0.717, 1.165) is 38.5 Å². The molecule has 0 aliphatic carbocycles. The molecule has 0 radical (unpaired) electrons. The van der Waals surface area contributed by atoms with Crippen LogP contribution in [0.1, 0.15) is 35.9 Å². The quantitative estimate of drug-likeness (QED) is 0.808. The second-order valence-electron chi connectivity index (χ2n) is 5.40. The molecule has 21 heavy (non-hydrogen) atoms. The van der Waals surface area contributed by atoms with Crippen LogP contribution in [-0.4, -0.2) is 60.2 Å². The average Bonchev–Trinajstić information content (AvgIpc) is 2.47. The summed E-state index contributed by atoms with van der Waals surface area (Å²) >= 11 is 0. The molecule has 1 saturated heterocycles. The first kappa shape index (κ1) is 15.7. The third-order valence-electron chi connectivity index (χ3n) is 3.40. The summed E-state index contributed by atoms with van der Waals surface area (Å²) in [5, 5.41) is 2.87. The molecule has 0 unspecified atom stereocenters. The highest BCUT2D eigenvalue weighted by atomic mass is 16.5. The number of rotatable bonds is 5. The van der Waals surface area contributed by atoms with Crippen molar-refractivity contribution in [1.29, 1.82) is 0 Å². The number of nitrogens with zero attached hydrogens (tertiary/aromatic N) is 3. The summed E-state index contributed by atoms with van der Waals surface area (Å²) in [6.07, 6.45) is 0. The van der Waals surface area contributed by atoms with Crippen LogP contribution in [0.5, 0.6) is 0 Å². The zero-order valence-corrected chi connectivity index (χ0v) is 12.6. The van der Waals surface area contributed by atoms with E-state index in [0.29, 0.717) is 12.2 Å². The normalized spacial score (nSPS) is 16.1. The van der Waals surface area contributed by atoms with Gasteiger partial charge in [0.1, 0.15) is 5.69 Å². The van der Waals surface area contributed by atoms with Crippen molar-refractivity contribution in [2.45, 2.75) is 19.8 Å². The van der Waals surface area contributed by atoms with Crippen LogP contribution in [0.3, 0.4) is 0 Å². The molecule has 1 aliphatic rings. The number of nitrogens with one attached hydrogen (secondary N) is 1. The molecule has 2 heterocycles. The van der Waals surface area contributed by atoms with Crippen molar-refractivity contribution in [3.63, 3.8) is 0 Å². The lowest BCUT2D eigenvalue weighted by atomic mass is 10.1. The Hall–Kier alpha value is -1.73. The van der Waals surface area contributed by atoms with Gasteiger partial charge in [-0.3, -0.25) is 9.69 Å². The summed E-state index contributed by atoms with van der Waals surface area (Å²) in [5.74, 6) is 0.133. The molecular weight excluding hydrogens is 270 g/mol. The lowest BCUT2D eigenvalue weighted by Gasteiger charge is -2.26. The molecule has 0 spiro atoms. The lowest BCUT2D eigenvalue weighted by Crippen LogP contribution is -2.41. The van der Waals surface area contributed by atoms with Gasteiger partial charge in [0.25, 0.3) is 5.91 Å². The van der Waals surface area contributed by atoms with E-state index in [9.17, 15) is 4.79 Å². The van der Waals surface area contributed by atoms with Crippen molar-refractivity contribution >= 4 is 11.9 Å². The zero-order valence-electron chi connectivity index (χ0n) is 12.6. The number of amides is 1. The second kappa shape index (κ2) is 7.33. The third-order valence-corrected chi connectivity index (χ3v) is 3.40. The highest BCUT2D eigenvalue weighted by Gasteiger charge is 2.14. The standard InChI is InChI=1S/C14H23N5O2/c1-10(2)11-9-12(18-14(15)17-11)13(20)16-3-4-19-5-7-21-8-6-19/h9-10H,3-8H2,1-2H3,(H,16,20)(H2,15,17,18). The summed E-state index contributed by atoms with van der Waals surface area (Å²) in [6, 6.07) is 1.70. The van der Waals surface area contributed by atoms with Gasteiger partial charge in [-0.2, -0.15) is 0 Å². The van der Waals surface area contributed by atoms with E-state index in [1.165, 1.54) is 0 Å². The fraction of sp³-hybridized carbons (Fsp3) is 0.643. The van der Waals surface area contributed by atoms with Crippen molar-refractivity contribution < 1.29 is 9.53 Å². The first-order valence-electron chi connectivity index (χ1n) is 7.29. The predicted octanol–water partition coefficient (Wildman–Crippen LogP) is 0.244. The Labute approximate surface area is 124 Å². The van der Waals surface area contributed by atoms with Gasteiger partial charge in [0.05, 0.1) is 13.2 Å². The van der Waals surface area contributed by atoms with E-state index in [1.54, 1.807) is 6.07 Å². The van der Waals surface area contributed by atoms with E-state index in [4.69, 9.17) is 10.5 Å². The topological polar surface area (TPSA) is 93.4 Å². The highest BCUT2D eigenvalue weighted by Crippen LogP contribution is 2.13. The van der Waals surface area contributed by atoms with E-state index < -0.39 is 0 Å². The molecule has 7 nitrogen and oxygen atoms in total. The monoisotopic (exact) mass is 293 g/mol. The van der Waals surface area contributed by atoms with Gasteiger partial charge >= 0.3 is 0 Å². The van der Waals surface area contributed by atoms with Crippen LogP contribution in [0.2, 0.25) is 0 Å². The van der Waals surface area contributed by atoms with Gasteiger partial charge in [0, 0.05) is 31.9 Å². The molecular formula is C14H23N5O2. The summed E-state index contributed by atoms with van der Waals surface area (Å²) < 4.78 is 5.29. The van der Waals surface area contributed by atoms with Crippen molar-refractivity contribution in [3.8, 4) is 0 Å². The van der Waals surface area contributed by atoms with Crippen molar-refractivity contribution in [1.82, 2.24) is 20.2 Å². The van der Waals surface area contributed by atoms with E-state index in [1.807, 2.05) is 13.8 Å². The molecule has 1 aromatic rings. The van der Waals surface area contributed by atoms with Gasteiger partial charge in [0.15, 0.2) is 0 Å². The summed E-state index contributed by atoms with van der Waals surface area (Å²) in [5.41, 5.74) is 6.76. The van der Waals surface area contributed by atoms with Crippen molar-refractivity contribution in [2.75, 3.05) is 45.1 Å². The number of nitrogens with two attached hydrogens (primary N) is 1. The van der Waals surface area contributed by atoms with Crippen LogP contribution >= 0.6 is 0 Å². The summed E-state index contributed by atoms with van der Waals surface area (Å²) in [7, 11) is 0. The number of hydrogen-bond acceptors (Lipinski definition) is 6. The molecule has 0 bridgehead atoms. The van der Waals surface area contributed by atoms with Crippen LogP contribution in [0.25, 0.3) is 0 Å². The van der Waals surface area contributed by atoms with E-state index >= 15 is 0 Å². The van der Waals surface area contributed by atoms with Crippen LogP contribution < -0.4 is 11.1 Å².